The summed E-state index contributed by atoms with van der Waals surface area (Å²) in [6.45, 7) is 2.22. The maximum Gasteiger partial charge on any atom is 0.175 e. The molecule has 1 saturated carbocycles. The Kier molecular flexibility index (Phi) is 5.46. The molecule has 3 nitrogen and oxygen atoms in total. The first kappa shape index (κ1) is 15.4. The van der Waals surface area contributed by atoms with Gasteiger partial charge >= 0.3 is 0 Å². The summed E-state index contributed by atoms with van der Waals surface area (Å²) in [6, 6.07) is 3.49. The van der Waals surface area contributed by atoms with Crippen LogP contribution in [0.1, 0.15) is 49.4 Å². The fourth-order valence-electron chi connectivity index (χ4n) is 2.87. The summed E-state index contributed by atoms with van der Waals surface area (Å²) >= 11 is 3.48. The lowest BCUT2D eigenvalue weighted by atomic mass is 9.85. The Morgan fingerprint density at radius 2 is 2.10 bits per heavy atom. The largest absolute Gasteiger partial charge is 0.493 e. The molecule has 2 rings (SSSR count). The molecule has 2 atom stereocenters. The standard InChI is InChI=1S/C16H21BrO3/c1-3-12-6-4-5-7-14(12)20-16-13(17)8-11(10-18)9-15(16)19-2/h8-10,12,14H,3-7H2,1-2H3. The van der Waals surface area contributed by atoms with E-state index in [4.69, 9.17) is 9.47 Å². The molecule has 2 unspecified atom stereocenters. The molecule has 0 saturated heterocycles. The summed E-state index contributed by atoms with van der Waals surface area (Å²) in [5.41, 5.74) is 0.580. The average molecular weight is 341 g/mol. The molecule has 0 aliphatic heterocycles. The van der Waals surface area contributed by atoms with Crippen molar-refractivity contribution < 1.29 is 14.3 Å². The molecule has 0 aromatic heterocycles. The van der Waals surface area contributed by atoms with Crippen LogP contribution < -0.4 is 9.47 Å². The van der Waals surface area contributed by atoms with Crippen LogP contribution in [0.3, 0.4) is 0 Å². The highest BCUT2D eigenvalue weighted by Crippen LogP contribution is 2.40. The van der Waals surface area contributed by atoms with Gasteiger partial charge in [-0.25, -0.2) is 0 Å². The molecule has 1 aromatic rings. The van der Waals surface area contributed by atoms with Crippen molar-refractivity contribution in [3.05, 3.63) is 22.2 Å². The molecular formula is C16H21BrO3. The van der Waals surface area contributed by atoms with E-state index in [1.165, 1.54) is 19.3 Å². The van der Waals surface area contributed by atoms with Gasteiger partial charge in [0.25, 0.3) is 0 Å². The number of ether oxygens (including phenoxy) is 2. The number of hydrogen-bond acceptors (Lipinski definition) is 3. The molecule has 0 spiro atoms. The van der Waals surface area contributed by atoms with E-state index >= 15 is 0 Å². The highest BCUT2D eigenvalue weighted by molar-refractivity contribution is 9.10. The second-order valence-electron chi connectivity index (χ2n) is 5.26. The third-order valence-corrected chi connectivity index (χ3v) is 4.61. The summed E-state index contributed by atoms with van der Waals surface area (Å²) in [4.78, 5) is 10.9. The van der Waals surface area contributed by atoms with Gasteiger partial charge in [-0.2, -0.15) is 0 Å². The minimum atomic E-state index is 0.237. The van der Waals surface area contributed by atoms with Gasteiger partial charge in [-0.3, -0.25) is 4.79 Å². The quantitative estimate of drug-likeness (QED) is 0.733. The third kappa shape index (κ3) is 3.35. The molecule has 110 valence electrons. The van der Waals surface area contributed by atoms with Crippen LogP contribution in [0.25, 0.3) is 0 Å². The molecule has 0 N–H and O–H groups in total. The highest BCUT2D eigenvalue weighted by atomic mass is 79.9. The van der Waals surface area contributed by atoms with Gasteiger partial charge in [0.15, 0.2) is 11.5 Å². The van der Waals surface area contributed by atoms with Crippen molar-refractivity contribution >= 4 is 22.2 Å². The fourth-order valence-corrected chi connectivity index (χ4v) is 3.42. The van der Waals surface area contributed by atoms with E-state index in [9.17, 15) is 4.79 Å². The summed E-state index contributed by atoms with van der Waals surface area (Å²) in [5, 5.41) is 0. The van der Waals surface area contributed by atoms with E-state index in [0.29, 0.717) is 23.0 Å². The van der Waals surface area contributed by atoms with Crippen molar-refractivity contribution in [3.8, 4) is 11.5 Å². The van der Waals surface area contributed by atoms with E-state index in [-0.39, 0.29) is 6.10 Å². The zero-order chi connectivity index (χ0) is 14.5. The number of carbonyl (C=O) groups is 1. The van der Waals surface area contributed by atoms with Gasteiger partial charge in [-0.05, 0) is 59.7 Å². The summed E-state index contributed by atoms with van der Waals surface area (Å²) in [5.74, 6) is 1.93. The van der Waals surface area contributed by atoms with Gasteiger partial charge in [-0.15, -0.1) is 0 Å². The van der Waals surface area contributed by atoms with Crippen molar-refractivity contribution in [2.45, 2.75) is 45.1 Å². The van der Waals surface area contributed by atoms with Crippen LogP contribution in [0.2, 0.25) is 0 Å². The number of halogens is 1. The summed E-state index contributed by atoms with van der Waals surface area (Å²) in [6.07, 6.45) is 7.01. The van der Waals surface area contributed by atoms with E-state index in [1.807, 2.05) is 0 Å². The molecular weight excluding hydrogens is 320 g/mol. The van der Waals surface area contributed by atoms with Crippen molar-refractivity contribution in [2.75, 3.05) is 7.11 Å². The highest BCUT2D eigenvalue weighted by Gasteiger charge is 2.27. The number of aldehydes is 1. The number of hydrogen-bond donors (Lipinski definition) is 0. The molecule has 0 heterocycles. The van der Waals surface area contributed by atoms with Crippen LogP contribution in [0.4, 0.5) is 0 Å². The lowest BCUT2D eigenvalue weighted by Gasteiger charge is -2.32. The number of methoxy groups -OCH3 is 1. The second-order valence-corrected chi connectivity index (χ2v) is 6.12. The fraction of sp³-hybridized carbons (Fsp3) is 0.562. The van der Waals surface area contributed by atoms with Crippen LogP contribution in [-0.4, -0.2) is 19.5 Å². The van der Waals surface area contributed by atoms with Crippen LogP contribution >= 0.6 is 15.9 Å². The van der Waals surface area contributed by atoms with Gasteiger partial charge in [-0.1, -0.05) is 13.3 Å². The lowest BCUT2D eigenvalue weighted by molar-refractivity contribution is 0.0865. The topological polar surface area (TPSA) is 35.5 Å². The van der Waals surface area contributed by atoms with Crippen LogP contribution in [0.15, 0.2) is 16.6 Å². The predicted octanol–water partition coefficient (Wildman–Crippen LogP) is 4.62. The van der Waals surface area contributed by atoms with Gasteiger partial charge in [0, 0.05) is 5.56 Å². The molecule has 0 bridgehead atoms. The molecule has 20 heavy (non-hydrogen) atoms. The van der Waals surface area contributed by atoms with Crippen LogP contribution in [0.5, 0.6) is 11.5 Å². The Hall–Kier alpha value is -1.03. The van der Waals surface area contributed by atoms with E-state index in [2.05, 4.69) is 22.9 Å². The number of carbonyl (C=O) groups excluding carboxylic acids is 1. The number of rotatable bonds is 5. The maximum absolute atomic E-state index is 10.9. The third-order valence-electron chi connectivity index (χ3n) is 4.02. The first-order valence-electron chi connectivity index (χ1n) is 7.19. The molecule has 0 radical (unpaired) electrons. The molecule has 4 heteroatoms. The Labute approximate surface area is 128 Å². The summed E-state index contributed by atoms with van der Waals surface area (Å²) < 4.78 is 12.4. The van der Waals surface area contributed by atoms with Crippen LogP contribution in [-0.2, 0) is 0 Å². The van der Waals surface area contributed by atoms with Crippen molar-refractivity contribution in [1.82, 2.24) is 0 Å². The second kappa shape index (κ2) is 7.11. The van der Waals surface area contributed by atoms with E-state index < -0.39 is 0 Å². The van der Waals surface area contributed by atoms with Gasteiger partial charge in [0.2, 0.25) is 0 Å². The molecule has 1 aliphatic carbocycles. The zero-order valence-electron chi connectivity index (χ0n) is 12.0. The minimum absolute atomic E-state index is 0.237. The first-order valence-corrected chi connectivity index (χ1v) is 7.98. The molecule has 1 aliphatic rings. The first-order chi connectivity index (χ1) is 9.69. The molecule has 0 amide bonds. The predicted molar refractivity (Wildman–Crippen MR) is 82.7 cm³/mol. The lowest BCUT2D eigenvalue weighted by Crippen LogP contribution is -2.30. The number of benzene rings is 1. The van der Waals surface area contributed by atoms with Gasteiger partial charge in [0.05, 0.1) is 11.6 Å². The summed E-state index contributed by atoms with van der Waals surface area (Å²) in [7, 11) is 1.60. The van der Waals surface area contributed by atoms with Crippen LogP contribution in [0, 0.1) is 5.92 Å². The van der Waals surface area contributed by atoms with Crippen molar-refractivity contribution in [1.29, 1.82) is 0 Å². The normalized spacial score (nSPS) is 22.4. The van der Waals surface area contributed by atoms with E-state index in [0.717, 1.165) is 23.6 Å². The maximum atomic E-state index is 10.9. The Morgan fingerprint density at radius 3 is 2.75 bits per heavy atom. The van der Waals surface area contributed by atoms with E-state index in [1.54, 1.807) is 19.2 Å². The molecule has 1 aromatic carbocycles. The molecule has 1 fully saturated rings. The van der Waals surface area contributed by atoms with Crippen molar-refractivity contribution in [2.24, 2.45) is 5.92 Å². The Balaban J connectivity index is 2.25. The minimum Gasteiger partial charge on any atom is -0.493 e. The Bertz CT molecular complexity index is 473. The SMILES string of the molecule is CCC1CCCCC1Oc1c(Br)cc(C=O)cc1OC. The van der Waals surface area contributed by atoms with Crippen molar-refractivity contribution in [3.63, 3.8) is 0 Å². The zero-order valence-corrected chi connectivity index (χ0v) is 13.6. The monoisotopic (exact) mass is 340 g/mol. The smallest absolute Gasteiger partial charge is 0.175 e. The van der Waals surface area contributed by atoms with Gasteiger partial charge < -0.3 is 9.47 Å². The average Bonchev–Trinajstić information content (AvgIpc) is 2.49. The Morgan fingerprint density at radius 1 is 1.35 bits per heavy atom. The van der Waals surface area contributed by atoms with Gasteiger partial charge in [0.1, 0.15) is 12.4 Å².